The van der Waals surface area contributed by atoms with Gasteiger partial charge in [0, 0.05) is 18.8 Å². The summed E-state index contributed by atoms with van der Waals surface area (Å²) in [6, 6.07) is 0. The Morgan fingerprint density at radius 3 is 3.07 bits per heavy atom. The van der Waals surface area contributed by atoms with Gasteiger partial charge in [-0.05, 0) is 13.3 Å². The van der Waals surface area contributed by atoms with Crippen molar-refractivity contribution in [1.82, 2.24) is 9.97 Å². The topological polar surface area (TPSA) is 72.1 Å². The first kappa shape index (κ1) is 11.4. The van der Waals surface area contributed by atoms with Gasteiger partial charge in [-0.15, -0.1) is 0 Å². The summed E-state index contributed by atoms with van der Waals surface area (Å²) in [6.07, 6.45) is 4.75. The van der Waals surface area contributed by atoms with E-state index in [-0.39, 0.29) is 5.97 Å². The van der Waals surface area contributed by atoms with Crippen LogP contribution in [0.1, 0.15) is 31.5 Å². The summed E-state index contributed by atoms with van der Waals surface area (Å²) in [5.74, 6) is -0.255. The molecule has 0 spiro atoms. The normalized spacial score (nSPS) is 12.1. The molecule has 0 aliphatic heterocycles. The molecule has 1 rings (SSSR count). The van der Waals surface area contributed by atoms with Crippen LogP contribution in [0.5, 0.6) is 0 Å². The van der Waals surface area contributed by atoms with Crippen LogP contribution in [0.2, 0.25) is 0 Å². The number of esters is 1. The van der Waals surface area contributed by atoms with Crippen molar-refractivity contribution in [2.45, 2.75) is 25.7 Å². The minimum atomic E-state index is -0.467. The number of carbonyl (C=O) groups is 2. The lowest BCUT2D eigenvalue weighted by Gasteiger charge is -2.11. The van der Waals surface area contributed by atoms with Gasteiger partial charge in [0.25, 0.3) is 0 Å². The van der Waals surface area contributed by atoms with Crippen LogP contribution in [0.4, 0.5) is 0 Å². The molecule has 1 aromatic heterocycles. The highest BCUT2D eigenvalue weighted by atomic mass is 16.5. The maximum absolute atomic E-state index is 11.5. The summed E-state index contributed by atoms with van der Waals surface area (Å²) in [4.78, 5) is 28.7. The Bertz CT molecular complexity index is 308. The van der Waals surface area contributed by atoms with Crippen molar-refractivity contribution in [3.05, 3.63) is 18.2 Å². The zero-order valence-corrected chi connectivity index (χ0v) is 8.60. The van der Waals surface area contributed by atoms with Crippen molar-refractivity contribution in [3.63, 3.8) is 0 Å². The molecule has 1 N–H and O–H groups in total. The van der Waals surface area contributed by atoms with E-state index in [1.165, 1.54) is 0 Å². The third-order valence-electron chi connectivity index (χ3n) is 1.99. The Morgan fingerprint density at radius 1 is 1.73 bits per heavy atom. The van der Waals surface area contributed by atoms with Gasteiger partial charge in [-0.25, -0.2) is 4.98 Å². The van der Waals surface area contributed by atoms with Crippen molar-refractivity contribution in [2.75, 3.05) is 6.61 Å². The first-order valence-electron chi connectivity index (χ1n) is 4.89. The molecule has 0 aromatic carbocycles. The van der Waals surface area contributed by atoms with E-state index in [9.17, 15) is 9.59 Å². The number of rotatable bonds is 6. The lowest BCUT2D eigenvalue weighted by Crippen LogP contribution is -2.17. The van der Waals surface area contributed by atoms with Crippen molar-refractivity contribution in [2.24, 2.45) is 0 Å². The summed E-state index contributed by atoms with van der Waals surface area (Å²) in [5, 5.41) is 0. The molecule has 0 aliphatic carbocycles. The molecule has 0 aliphatic rings. The van der Waals surface area contributed by atoms with Crippen LogP contribution in [0.15, 0.2) is 12.4 Å². The number of ether oxygens (including phenoxy) is 1. The third-order valence-corrected chi connectivity index (χ3v) is 1.99. The SMILES string of the molecule is CCOC(=O)C(CCC=O)c1ncc[nH]1. The molecular weight excluding hydrogens is 196 g/mol. The predicted octanol–water partition coefficient (Wildman–Crippen LogP) is 1.04. The van der Waals surface area contributed by atoms with E-state index in [2.05, 4.69) is 9.97 Å². The maximum Gasteiger partial charge on any atom is 0.316 e. The van der Waals surface area contributed by atoms with Gasteiger partial charge < -0.3 is 14.5 Å². The van der Waals surface area contributed by atoms with Crippen LogP contribution in [-0.2, 0) is 14.3 Å². The van der Waals surface area contributed by atoms with Crippen LogP contribution >= 0.6 is 0 Å². The molecule has 0 amide bonds. The number of H-pyrrole nitrogens is 1. The van der Waals surface area contributed by atoms with Gasteiger partial charge in [-0.2, -0.15) is 0 Å². The average molecular weight is 210 g/mol. The molecular formula is C10H14N2O3. The zero-order valence-electron chi connectivity index (χ0n) is 8.60. The summed E-state index contributed by atoms with van der Waals surface area (Å²) in [6.45, 7) is 2.08. The average Bonchev–Trinajstić information content (AvgIpc) is 2.72. The van der Waals surface area contributed by atoms with E-state index >= 15 is 0 Å². The first-order chi connectivity index (χ1) is 7.29. The summed E-state index contributed by atoms with van der Waals surface area (Å²) >= 11 is 0. The predicted molar refractivity (Wildman–Crippen MR) is 53.3 cm³/mol. The molecule has 0 saturated carbocycles. The fourth-order valence-electron chi connectivity index (χ4n) is 1.31. The number of hydrogen-bond acceptors (Lipinski definition) is 4. The molecule has 1 unspecified atom stereocenters. The summed E-state index contributed by atoms with van der Waals surface area (Å²) in [7, 11) is 0. The number of aromatic nitrogens is 2. The van der Waals surface area contributed by atoms with Gasteiger partial charge in [-0.1, -0.05) is 0 Å². The summed E-state index contributed by atoms with van der Waals surface area (Å²) < 4.78 is 4.91. The van der Waals surface area contributed by atoms with Crippen LogP contribution in [0.3, 0.4) is 0 Å². The van der Waals surface area contributed by atoms with Crippen LogP contribution in [0.25, 0.3) is 0 Å². The van der Waals surface area contributed by atoms with Crippen LogP contribution < -0.4 is 0 Å². The van der Waals surface area contributed by atoms with Crippen molar-refractivity contribution in [3.8, 4) is 0 Å². The molecule has 1 aromatic rings. The van der Waals surface area contributed by atoms with Gasteiger partial charge in [0.05, 0.1) is 6.61 Å². The van der Waals surface area contributed by atoms with Gasteiger partial charge in [-0.3, -0.25) is 4.79 Å². The quantitative estimate of drug-likeness (QED) is 0.562. The Labute approximate surface area is 87.9 Å². The number of aromatic amines is 1. The fraction of sp³-hybridized carbons (Fsp3) is 0.500. The van der Waals surface area contributed by atoms with Gasteiger partial charge >= 0.3 is 5.97 Å². The third kappa shape index (κ3) is 3.19. The monoisotopic (exact) mass is 210 g/mol. The zero-order chi connectivity index (χ0) is 11.1. The molecule has 0 fully saturated rings. The number of nitrogens with one attached hydrogen (secondary N) is 1. The second-order valence-corrected chi connectivity index (χ2v) is 3.02. The summed E-state index contributed by atoms with van der Waals surface area (Å²) in [5.41, 5.74) is 0. The Kier molecular flexibility index (Phi) is 4.53. The van der Waals surface area contributed by atoms with E-state index in [4.69, 9.17) is 4.74 Å². The molecule has 1 atom stereocenters. The second-order valence-electron chi connectivity index (χ2n) is 3.02. The molecule has 15 heavy (non-hydrogen) atoms. The maximum atomic E-state index is 11.5. The first-order valence-corrected chi connectivity index (χ1v) is 4.89. The lowest BCUT2D eigenvalue weighted by molar-refractivity contribution is -0.145. The Hall–Kier alpha value is -1.65. The molecule has 82 valence electrons. The second kappa shape index (κ2) is 5.95. The number of hydrogen-bond donors (Lipinski definition) is 1. The lowest BCUT2D eigenvalue weighted by atomic mass is 10.0. The van der Waals surface area contributed by atoms with E-state index in [0.717, 1.165) is 6.29 Å². The van der Waals surface area contributed by atoms with Crippen LogP contribution in [-0.4, -0.2) is 28.8 Å². The number of aldehydes is 1. The Balaban J connectivity index is 2.69. The highest BCUT2D eigenvalue weighted by Gasteiger charge is 2.23. The van der Waals surface area contributed by atoms with Gasteiger partial charge in [0.15, 0.2) is 0 Å². The Morgan fingerprint density at radius 2 is 2.53 bits per heavy atom. The van der Waals surface area contributed by atoms with E-state index < -0.39 is 5.92 Å². The standard InChI is InChI=1S/C10H14N2O3/c1-2-15-10(14)8(4-3-7-13)9-11-5-6-12-9/h5-8H,2-4H2,1H3,(H,11,12). The number of carbonyl (C=O) groups excluding carboxylic acids is 2. The van der Waals surface area contributed by atoms with Crippen molar-refractivity contribution in [1.29, 1.82) is 0 Å². The molecule has 5 nitrogen and oxygen atoms in total. The minimum Gasteiger partial charge on any atom is -0.465 e. The molecule has 0 radical (unpaired) electrons. The van der Waals surface area contributed by atoms with E-state index in [1.807, 2.05) is 0 Å². The largest absolute Gasteiger partial charge is 0.465 e. The molecule has 5 heteroatoms. The molecule has 1 heterocycles. The molecule has 0 saturated heterocycles. The van der Waals surface area contributed by atoms with E-state index in [0.29, 0.717) is 25.3 Å². The van der Waals surface area contributed by atoms with Gasteiger partial charge in [0.2, 0.25) is 0 Å². The highest BCUT2D eigenvalue weighted by Crippen LogP contribution is 2.18. The van der Waals surface area contributed by atoms with Crippen LogP contribution in [0, 0.1) is 0 Å². The van der Waals surface area contributed by atoms with Gasteiger partial charge in [0.1, 0.15) is 18.0 Å². The highest BCUT2D eigenvalue weighted by molar-refractivity contribution is 5.77. The van der Waals surface area contributed by atoms with E-state index in [1.54, 1.807) is 19.3 Å². The number of nitrogens with zero attached hydrogens (tertiary/aromatic N) is 1. The number of imidazole rings is 1. The fourth-order valence-corrected chi connectivity index (χ4v) is 1.31. The smallest absolute Gasteiger partial charge is 0.316 e. The molecule has 0 bridgehead atoms. The van der Waals surface area contributed by atoms with Crippen molar-refractivity contribution < 1.29 is 14.3 Å². The van der Waals surface area contributed by atoms with Crippen molar-refractivity contribution >= 4 is 12.3 Å². The minimum absolute atomic E-state index is 0.324.